The highest BCUT2D eigenvalue weighted by Gasteiger charge is 2.22. The molecule has 0 spiro atoms. The quantitative estimate of drug-likeness (QED) is 0.816. The smallest absolute Gasteiger partial charge is 0.262 e. The van der Waals surface area contributed by atoms with Gasteiger partial charge in [0.05, 0.1) is 17.7 Å². The van der Waals surface area contributed by atoms with Crippen LogP contribution in [0, 0.1) is 0 Å². The Hall–Kier alpha value is -2.25. The summed E-state index contributed by atoms with van der Waals surface area (Å²) in [4.78, 5) is 14.4. The number of carbonyl (C=O) groups is 1. The van der Waals surface area contributed by atoms with Crippen LogP contribution in [0.1, 0.15) is 29.6 Å². The van der Waals surface area contributed by atoms with Crippen LogP contribution >= 0.6 is 11.6 Å². The van der Waals surface area contributed by atoms with Crippen LogP contribution in [-0.2, 0) is 10.0 Å². The molecule has 0 saturated carbocycles. The van der Waals surface area contributed by atoms with Crippen molar-refractivity contribution in [3.63, 3.8) is 0 Å². The molecule has 6 nitrogen and oxygen atoms in total. The average molecular weight is 409 g/mol. The van der Waals surface area contributed by atoms with E-state index < -0.39 is 10.0 Å². The molecule has 1 amide bonds. The second-order valence-electron chi connectivity index (χ2n) is 6.33. The normalized spacial score (nSPS) is 14.7. The van der Waals surface area contributed by atoms with Gasteiger partial charge in [0.1, 0.15) is 5.75 Å². The lowest BCUT2D eigenvalue weighted by molar-refractivity contribution is 0.0724. The first-order valence-corrected chi connectivity index (χ1v) is 10.5. The number of halogens is 1. The number of nitrogens with one attached hydrogen (secondary N) is 1. The highest BCUT2D eigenvalue weighted by atomic mass is 35.5. The molecule has 1 N–H and O–H groups in total. The molecule has 144 valence electrons. The van der Waals surface area contributed by atoms with Crippen molar-refractivity contribution >= 4 is 33.2 Å². The summed E-state index contributed by atoms with van der Waals surface area (Å²) in [5, 5.41) is 0.377. The number of carbonyl (C=O) groups excluding carboxylic acids is 1. The van der Waals surface area contributed by atoms with E-state index in [1.807, 2.05) is 0 Å². The fourth-order valence-corrected chi connectivity index (χ4v) is 4.32. The second-order valence-corrected chi connectivity index (χ2v) is 8.45. The molecule has 0 atom stereocenters. The Morgan fingerprint density at radius 2 is 1.85 bits per heavy atom. The molecule has 2 aromatic carbocycles. The van der Waals surface area contributed by atoms with E-state index >= 15 is 0 Å². The predicted octanol–water partition coefficient (Wildman–Crippen LogP) is 3.78. The molecule has 0 aliphatic carbocycles. The van der Waals surface area contributed by atoms with Crippen LogP contribution < -0.4 is 9.46 Å². The number of amides is 1. The molecular weight excluding hydrogens is 388 g/mol. The maximum atomic E-state index is 12.8. The van der Waals surface area contributed by atoms with Gasteiger partial charge in [-0.15, -0.1) is 0 Å². The maximum absolute atomic E-state index is 12.8. The Balaban J connectivity index is 1.87. The number of hydrogen-bond donors (Lipinski definition) is 1. The summed E-state index contributed by atoms with van der Waals surface area (Å²) in [6, 6.07) is 10.7. The Kier molecular flexibility index (Phi) is 5.92. The number of methoxy groups -OCH3 is 1. The number of piperidine rings is 1. The van der Waals surface area contributed by atoms with E-state index in [0.717, 1.165) is 19.3 Å². The number of nitrogens with zero attached hydrogens (tertiary/aromatic N) is 1. The highest BCUT2D eigenvalue weighted by molar-refractivity contribution is 7.92. The minimum atomic E-state index is -3.91. The monoisotopic (exact) mass is 408 g/mol. The molecule has 1 saturated heterocycles. The molecule has 0 unspecified atom stereocenters. The molecule has 27 heavy (non-hydrogen) atoms. The average Bonchev–Trinajstić information content (AvgIpc) is 2.68. The van der Waals surface area contributed by atoms with Crippen LogP contribution in [-0.4, -0.2) is 39.4 Å². The summed E-state index contributed by atoms with van der Waals surface area (Å²) in [6.07, 6.45) is 3.06. The Labute approximate surface area is 164 Å². The predicted molar refractivity (Wildman–Crippen MR) is 105 cm³/mol. The van der Waals surface area contributed by atoms with E-state index in [-0.39, 0.29) is 16.5 Å². The minimum absolute atomic E-state index is 0.00684. The third-order valence-corrected chi connectivity index (χ3v) is 6.04. The maximum Gasteiger partial charge on any atom is 0.262 e. The van der Waals surface area contributed by atoms with E-state index in [2.05, 4.69) is 4.72 Å². The van der Waals surface area contributed by atoms with Crippen molar-refractivity contribution < 1.29 is 17.9 Å². The Morgan fingerprint density at radius 3 is 2.56 bits per heavy atom. The first kappa shape index (κ1) is 19.5. The first-order valence-electron chi connectivity index (χ1n) is 8.66. The van der Waals surface area contributed by atoms with Gasteiger partial charge in [-0.1, -0.05) is 17.7 Å². The molecule has 3 rings (SSSR count). The van der Waals surface area contributed by atoms with Gasteiger partial charge in [0, 0.05) is 23.7 Å². The summed E-state index contributed by atoms with van der Waals surface area (Å²) >= 11 is 5.96. The summed E-state index contributed by atoms with van der Waals surface area (Å²) in [5.41, 5.74) is 0.593. The third-order valence-electron chi connectivity index (χ3n) is 4.44. The molecular formula is C19H21ClN2O4S. The van der Waals surface area contributed by atoms with Gasteiger partial charge in [0.25, 0.3) is 15.9 Å². The summed E-state index contributed by atoms with van der Waals surface area (Å²) < 4.78 is 33.3. The van der Waals surface area contributed by atoms with Gasteiger partial charge in [-0.05, 0) is 55.7 Å². The Morgan fingerprint density at radius 1 is 1.11 bits per heavy atom. The number of rotatable bonds is 5. The molecule has 1 fully saturated rings. The van der Waals surface area contributed by atoms with Crippen molar-refractivity contribution in [1.82, 2.24) is 4.90 Å². The minimum Gasteiger partial charge on any atom is -0.495 e. The Bertz CT molecular complexity index is 940. The largest absolute Gasteiger partial charge is 0.495 e. The molecule has 2 aromatic rings. The summed E-state index contributed by atoms with van der Waals surface area (Å²) in [7, 11) is -2.47. The lowest BCUT2D eigenvalue weighted by atomic mass is 10.1. The fraction of sp³-hybridized carbons (Fsp3) is 0.316. The molecule has 0 bridgehead atoms. The van der Waals surface area contributed by atoms with Crippen LogP contribution in [0.15, 0.2) is 47.4 Å². The number of likely N-dealkylation sites (tertiary alicyclic amines) is 1. The van der Waals surface area contributed by atoms with E-state index in [4.69, 9.17) is 16.3 Å². The van der Waals surface area contributed by atoms with E-state index in [9.17, 15) is 13.2 Å². The van der Waals surface area contributed by atoms with Gasteiger partial charge in [-0.25, -0.2) is 8.42 Å². The summed E-state index contributed by atoms with van der Waals surface area (Å²) in [6.45, 7) is 1.40. The van der Waals surface area contributed by atoms with E-state index in [0.29, 0.717) is 29.4 Å². The van der Waals surface area contributed by atoms with Crippen LogP contribution in [0.4, 0.5) is 5.69 Å². The zero-order valence-corrected chi connectivity index (χ0v) is 16.5. The van der Waals surface area contributed by atoms with E-state index in [1.165, 1.54) is 25.3 Å². The van der Waals surface area contributed by atoms with Gasteiger partial charge >= 0.3 is 0 Å². The number of benzene rings is 2. The standard InChI is InChI=1S/C19H21ClN2O4S/c1-26-18-9-8-15(20)13-17(18)21-27(24,25)16-7-5-6-14(12-16)19(23)22-10-3-2-4-11-22/h5-9,12-13,21H,2-4,10-11H2,1H3. The topological polar surface area (TPSA) is 75.7 Å². The first-order chi connectivity index (χ1) is 12.9. The summed E-state index contributed by atoms with van der Waals surface area (Å²) in [5.74, 6) is 0.204. The van der Waals surface area contributed by atoms with Crippen LogP contribution in [0.2, 0.25) is 5.02 Å². The van der Waals surface area contributed by atoms with Crippen molar-refractivity contribution in [2.45, 2.75) is 24.2 Å². The van der Waals surface area contributed by atoms with E-state index in [1.54, 1.807) is 29.2 Å². The van der Waals surface area contributed by atoms with Gasteiger partial charge in [0.15, 0.2) is 0 Å². The van der Waals surface area contributed by atoms with Crippen LogP contribution in [0.5, 0.6) is 5.75 Å². The number of sulfonamides is 1. The third kappa shape index (κ3) is 4.54. The van der Waals surface area contributed by atoms with Crippen molar-refractivity contribution in [1.29, 1.82) is 0 Å². The molecule has 0 aromatic heterocycles. The molecule has 1 aliphatic heterocycles. The second kappa shape index (κ2) is 8.19. The van der Waals surface area contributed by atoms with Crippen molar-refractivity contribution in [2.75, 3.05) is 24.9 Å². The van der Waals surface area contributed by atoms with Gasteiger partial charge in [-0.3, -0.25) is 9.52 Å². The van der Waals surface area contributed by atoms with Gasteiger partial charge < -0.3 is 9.64 Å². The zero-order chi connectivity index (χ0) is 19.4. The number of ether oxygens (including phenoxy) is 1. The van der Waals surface area contributed by atoms with Crippen LogP contribution in [0.25, 0.3) is 0 Å². The SMILES string of the molecule is COc1ccc(Cl)cc1NS(=O)(=O)c1cccc(C(=O)N2CCCCC2)c1. The van der Waals surface area contributed by atoms with Crippen molar-refractivity contribution in [2.24, 2.45) is 0 Å². The molecule has 1 heterocycles. The van der Waals surface area contributed by atoms with Crippen molar-refractivity contribution in [3.8, 4) is 5.75 Å². The molecule has 1 aliphatic rings. The highest BCUT2D eigenvalue weighted by Crippen LogP contribution is 2.30. The van der Waals surface area contributed by atoms with Crippen molar-refractivity contribution in [3.05, 3.63) is 53.1 Å². The van der Waals surface area contributed by atoms with Gasteiger partial charge in [0.2, 0.25) is 0 Å². The molecule has 8 heteroatoms. The molecule has 0 radical (unpaired) electrons. The fourth-order valence-electron chi connectivity index (χ4n) is 3.04. The number of anilines is 1. The van der Waals surface area contributed by atoms with Crippen LogP contribution in [0.3, 0.4) is 0 Å². The lowest BCUT2D eigenvalue weighted by Gasteiger charge is -2.26. The number of hydrogen-bond acceptors (Lipinski definition) is 4. The zero-order valence-electron chi connectivity index (χ0n) is 14.9. The lowest BCUT2D eigenvalue weighted by Crippen LogP contribution is -2.35. The van der Waals surface area contributed by atoms with Gasteiger partial charge in [-0.2, -0.15) is 0 Å².